The van der Waals surface area contributed by atoms with E-state index in [0.29, 0.717) is 16.7 Å². The third-order valence-electron chi connectivity index (χ3n) is 2.48. The van der Waals surface area contributed by atoms with Crippen LogP contribution in [0.1, 0.15) is 27.6 Å². The predicted octanol–water partition coefficient (Wildman–Crippen LogP) is 0.275. The van der Waals surface area contributed by atoms with Gasteiger partial charge < -0.3 is 14.9 Å². The molecule has 0 fully saturated rings. The quantitative estimate of drug-likeness (QED) is 0.550. The summed E-state index contributed by atoms with van der Waals surface area (Å²) >= 11 is 0. The van der Waals surface area contributed by atoms with Gasteiger partial charge in [-0.1, -0.05) is 6.07 Å². The van der Waals surface area contributed by atoms with Gasteiger partial charge in [-0.05, 0) is 17.7 Å². The van der Waals surface area contributed by atoms with Crippen LogP contribution in [0.25, 0.3) is 0 Å². The van der Waals surface area contributed by atoms with Crippen LogP contribution in [0, 0.1) is 11.3 Å². The Morgan fingerprint density at radius 2 is 2.19 bits per heavy atom. The van der Waals surface area contributed by atoms with Crippen molar-refractivity contribution in [2.75, 3.05) is 0 Å². The molecule has 1 aliphatic heterocycles. The average Bonchev–Trinajstić information content (AvgIpc) is 2.68. The minimum Gasteiger partial charge on any atom is -0.457 e. The van der Waals surface area contributed by atoms with Gasteiger partial charge in [0.1, 0.15) is 12.7 Å². The molecule has 82 valence electrons. The first-order valence-corrected chi connectivity index (χ1v) is 4.69. The maximum absolute atomic E-state index is 11.2. The fourth-order valence-corrected chi connectivity index (χ4v) is 1.59. The Balaban J connectivity index is 2.33. The molecule has 1 heterocycles. The molecule has 0 aliphatic carbocycles. The molecular formula is C11H9NO4. The number of hydrogen-bond donors (Lipinski definition) is 2. The molecule has 0 aromatic heterocycles. The molecule has 0 saturated carbocycles. The van der Waals surface area contributed by atoms with Crippen molar-refractivity contribution in [2.45, 2.75) is 18.8 Å². The third-order valence-corrected chi connectivity index (χ3v) is 2.48. The molecule has 0 radical (unpaired) electrons. The van der Waals surface area contributed by atoms with E-state index in [4.69, 9.17) is 10.00 Å². The Morgan fingerprint density at radius 3 is 2.88 bits per heavy atom. The number of esters is 1. The fourth-order valence-electron chi connectivity index (χ4n) is 1.59. The molecule has 2 atom stereocenters. The minimum atomic E-state index is -1.48. The number of nitrogens with zero attached hydrogens (tertiary/aromatic N) is 1. The van der Waals surface area contributed by atoms with Crippen LogP contribution in [0.5, 0.6) is 0 Å². The Bertz CT molecular complexity index is 477. The second-order valence-electron chi connectivity index (χ2n) is 3.51. The first kappa shape index (κ1) is 10.6. The van der Waals surface area contributed by atoms with E-state index in [9.17, 15) is 15.0 Å². The van der Waals surface area contributed by atoms with Crippen LogP contribution in [-0.2, 0) is 11.3 Å². The van der Waals surface area contributed by atoms with E-state index in [1.54, 1.807) is 12.1 Å². The van der Waals surface area contributed by atoms with Gasteiger partial charge in [-0.25, -0.2) is 4.79 Å². The molecule has 5 heteroatoms. The van der Waals surface area contributed by atoms with Crippen molar-refractivity contribution in [3.05, 3.63) is 34.9 Å². The molecule has 5 nitrogen and oxygen atoms in total. The lowest BCUT2D eigenvalue weighted by Gasteiger charge is -2.12. The molecule has 1 aromatic carbocycles. The number of hydrogen-bond acceptors (Lipinski definition) is 5. The fraction of sp³-hybridized carbons (Fsp3) is 0.273. The highest BCUT2D eigenvalue weighted by Gasteiger charge is 2.24. The summed E-state index contributed by atoms with van der Waals surface area (Å²) in [7, 11) is 0. The van der Waals surface area contributed by atoms with Gasteiger partial charge in [-0.3, -0.25) is 0 Å². The van der Waals surface area contributed by atoms with Crippen LogP contribution in [0.4, 0.5) is 0 Å². The van der Waals surface area contributed by atoms with Gasteiger partial charge in [-0.2, -0.15) is 5.26 Å². The normalized spacial score (nSPS) is 17.2. The largest absolute Gasteiger partial charge is 0.457 e. The zero-order valence-electron chi connectivity index (χ0n) is 8.25. The number of carbonyl (C=O) groups is 1. The number of carbonyl (C=O) groups excluding carboxylic acids is 1. The van der Waals surface area contributed by atoms with Crippen molar-refractivity contribution in [1.82, 2.24) is 0 Å². The second-order valence-corrected chi connectivity index (χ2v) is 3.51. The lowest BCUT2D eigenvalue weighted by molar-refractivity contribution is 0.0524. The van der Waals surface area contributed by atoms with Crippen LogP contribution in [0.15, 0.2) is 18.2 Å². The average molecular weight is 219 g/mol. The number of nitriles is 1. The van der Waals surface area contributed by atoms with Gasteiger partial charge in [0.05, 0.1) is 11.6 Å². The van der Waals surface area contributed by atoms with Crippen molar-refractivity contribution in [1.29, 1.82) is 5.26 Å². The zero-order chi connectivity index (χ0) is 11.7. The van der Waals surface area contributed by atoms with Crippen LogP contribution >= 0.6 is 0 Å². The Hall–Kier alpha value is -1.90. The summed E-state index contributed by atoms with van der Waals surface area (Å²) in [6.45, 7) is 0.164. The van der Waals surface area contributed by atoms with Gasteiger partial charge >= 0.3 is 5.97 Å². The van der Waals surface area contributed by atoms with Crippen molar-refractivity contribution < 1.29 is 19.7 Å². The number of aliphatic hydroxyl groups is 2. The highest BCUT2D eigenvalue weighted by atomic mass is 16.5. The van der Waals surface area contributed by atoms with Crippen molar-refractivity contribution in [3.63, 3.8) is 0 Å². The van der Waals surface area contributed by atoms with E-state index in [1.165, 1.54) is 12.1 Å². The van der Waals surface area contributed by atoms with Crippen LogP contribution in [0.3, 0.4) is 0 Å². The number of benzene rings is 1. The summed E-state index contributed by atoms with van der Waals surface area (Å²) in [5.74, 6) is -0.392. The third kappa shape index (κ3) is 1.65. The van der Waals surface area contributed by atoms with Crippen LogP contribution in [-0.4, -0.2) is 22.3 Å². The SMILES string of the molecule is N#CC(O)C(O)c1ccc2c(c1)COC2=O. The van der Waals surface area contributed by atoms with Gasteiger partial charge in [0.2, 0.25) is 0 Å². The minimum absolute atomic E-state index is 0.164. The van der Waals surface area contributed by atoms with Crippen LogP contribution in [0.2, 0.25) is 0 Å². The highest BCUT2D eigenvalue weighted by Crippen LogP contribution is 2.25. The smallest absolute Gasteiger partial charge is 0.338 e. The van der Waals surface area contributed by atoms with Crippen molar-refractivity contribution >= 4 is 5.97 Å². The molecule has 0 saturated heterocycles. The summed E-state index contributed by atoms with van der Waals surface area (Å²) < 4.78 is 4.80. The summed E-state index contributed by atoms with van der Waals surface area (Å²) in [5.41, 5.74) is 1.51. The molecule has 16 heavy (non-hydrogen) atoms. The number of cyclic esters (lactones) is 1. The van der Waals surface area contributed by atoms with E-state index in [2.05, 4.69) is 0 Å². The molecule has 2 rings (SSSR count). The standard InChI is InChI=1S/C11H9NO4/c12-4-9(13)10(14)6-1-2-8-7(3-6)5-16-11(8)15/h1-3,9-10,13-14H,5H2. The maximum atomic E-state index is 11.2. The van der Waals surface area contributed by atoms with E-state index < -0.39 is 18.2 Å². The van der Waals surface area contributed by atoms with E-state index in [1.807, 2.05) is 0 Å². The molecule has 2 unspecified atom stereocenters. The number of ether oxygens (including phenoxy) is 1. The van der Waals surface area contributed by atoms with E-state index >= 15 is 0 Å². The predicted molar refractivity (Wildman–Crippen MR) is 52.1 cm³/mol. The molecule has 1 aliphatic rings. The molecule has 0 bridgehead atoms. The highest BCUT2D eigenvalue weighted by molar-refractivity contribution is 5.93. The summed E-state index contributed by atoms with van der Waals surface area (Å²) in [6.07, 6.45) is -2.75. The summed E-state index contributed by atoms with van der Waals surface area (Å²) in [4.78, 5) is 11.2. The molecular weight excluding hydrogens is 210 g/mol. The Labute approximate surface area is 91.5 Å². The van der Waals surface area contributed by atoms with Gasteiger partial charge in [0.15, 0.2) is 6.10 Å². The lowest BCUT2D eigenvalue weighted by Crippen LogP contribution is -2.15. The zero-order valence-corrected chi connectivity index (χ0v) is 8.25. The van der Waals surface area contributed by atoms with E-state index in [-0.39, 0.29) is 6.61 Å². The molecule has 2 N–H and O–H groups in total. The van der Waals surface area contributed by atoms with Crippen molar-refractivity contribution in [3.8, 4) is 6.07 Å². The van der Waals surface area contributed by atoms with Crippen LogP contribution < -0.4 is 0 Å². The summed E-state index contributed by atoms with van der Waals surface area (Å²) in [6, 6.07) is 6.13. The topological polar surface area (TPSA) is 90.6 Å². The lowest BCUT2D eigenvalue weighted by atomic mass is 10.00. The Kier molecular flexibility index (Phi) is 2.60. The van der Waals surface area contributed by atoms with Gasteiger partial charge in [-0.15, -0.1) is 0 Å². The maximum Gasteiger partial charge on any atom is 0.338 e. The molecule has 0 spiro atoms. The van der Waals surface area contributed by atoms with Gasteiger partial charge in [0, 0.05) is 5.56 Å². The molecule has 0 amide bonds. The van der Waals surface area contributed by atoms with Crippen molar-refractivity contribution in [2.24, 2.45) is 0 Å². The van der Waals surface area contributed by atoms with E-state index in [0.717, 1.165) is 0 Å². The number of aliphatic hydroxyl groups excluding tert-OH is 2. The molecule has 1 aromatic rings. The monoisotopic (exact) mass is 219 g/mol. The summed E-state index contributed by atoms with van der Waals surface area (Å²) in [5, 5.41) is 27.2. The first-order chi connectivity index (χ1) is 7.63. The first-order valence-electron chi connectivity index (χ1n) is 4.69. The number of fused-ring (bicyclic) bond motifs is 1. The number of rotatable bonds is 2. The Morgan fingerprint density at radius 1 is 1.44 bits per heavy atom. The van der Waals surface area contributed by atoms with Gasteiger partial charge in [0.25, 0.3) is 0 Å². The second kappa shape index (κ2) is 3.93.